The lowest BCUT2D eigenvalue weighted by Gasteiger charge is -2.06. The molecule has 0 bridgehead atoms. The van der Waals surface area contributed by atoms with E-state index in [2.05, 4.69) is 21.4 Å². The molecule has 0 fully saturated rings. The summed E-state index contributed by atoms with van der Waals surface area (Å²) in [5.41, 5.74) is 4.99. The lowest BCUT2D eigenvalue weighted by atomic mass is 10.1. The molecule has 0 unspecified atom stereocenters. The smallest absolute Gasteiger partial charge is 0.251 e. The maximum Gasteiger partial charge on any atom is 0.251 e. The highest BCUT2D eigenvalue weighted by atomic mass is 16.1. The molecule has 0 saturated carbocycles. The first-order valence-electron chi connectivity index (χ1n) is 7.92. The third-order valence-electron chi connectivity index (χ3n) is 3.80. The number of amides is 1. The second kappa shape index (κ2) is 6.65. The highest BCUT2D eigenvalue weighted by Crippen LogP contribution is 2.11. The van der Waals surface area contributed by atoms with E-state index < -0.39 is 0 Å². The van der Waals surface area contributed by atoms with Gasteiger partial charge in [-0.05, 0) is 44.5 Å². The number of nitrogens with zero attached hydrogens (tertiary/aromatic N) is 1. The minimum Gasteiger partial charge on any atom is -0.352 e. The van der Waals surface area contributed by atoms with Crippen LogP contribution in [0, 0.1) is 13.8 Å². The highest BCUT2D eigenvalue weighted by Gasteiger charge is 2.07. The molecule has 0 radical (unpaired) electrons. The van der Waals surface area contributed by atoms with E-state index in [4.69, 9.17) is 0 Å². The number of hydrogen-bond donors (Lipinski definition) is 2. The third-order valence-corrected chi connectivity index (χ3v) is 3.80. The predicted molar refractivity (Wildman–Crippen MR) is 92.7 cm³/mol. The molecule has 3 rings (SSSR count). The number of benzene rings is 2. The molecule has 0 atom stereocenters. The van der Waals surface area contributed by atoms with Crippen molar-refractivity contribution < 1.29 is 4.79 Å². The summed E-state index contributed by atoms with van der Waals surface area (Å²) < 4.78 is 0. The first-order chi connectivity index (χ1) is 11.1. The first kappa shape index (κ1) is 15.3. The Balaban J connectivity index is 1.52. The van der Waals surface area contributed by atoms with E-state index in [0.717, 1.165) is 46.4 Å². The number of rotatable bonds is 5. The van der Waals surface area contributed by atoms with Crippen LogP contribution in [0.5, 0.6) is 0 Å². The van der Waals surface area contributed by atoms with Crippen molar-refractivity contribution >= 4 is 16.9 Å². The Morgan fingerprint density at radius 1 is 1.13 bits per heavy atom. The summed E-state index contributed by atoms with van der Waals surface area (Å²) in [6.45, 7) is 4.65. The van der Waals surface area contributed by atoms with Gasteiger partial charge in [-0.3, -0.25) is 4.79 Å². The van der Waals surface area contributed by atoms with Crippen LogP contribution >= 0.6 is 0 Å². The van der Waals surface area contributed by atoms with Gasteiger partial charge in [0.15, 0.2) is 0 Å². The Bertz CT molecular complexity index is 782. The van der Waals surface area contributed by atoms with Crippen molar-refractivity contribution in [2.75, 3.05) is 6.54 Å². The van der Waals surface area contributed by atoms with Gasteiger partial charge in [-0.25, -0.2) is 4.98 Å². The number of para-hydroxylation sites is 2. The second-order valence-corrected chi connectivity index (χ2v) is 5.94. The second-order valence-electron chi connectivity index (χ2n) is 5.94. The number of nitrogens with one attached hydrogen (secondary N) is 2. The summed E-state index contributed by atoms with van der Waals surface area (Å²) in [6.07, 6.45) is 1.68. The number of aromatic nitrogens is 2. The quantitative estimate of drug-likeness (QED) is 0.708. The van der Waals surface area contributed by atoms with E-state index in [1.54, 1.807) is 0 Å². The zero-order valence-corrected chi connectivity index (χ0v) is 13.5. The summed E-state index contributed by atoms with van der Waals surface area (Å²) in [4.78, 5) is 20.0. The molecule has 4 heteroatoms. The van der Waals surface area contributed by atoms with Crippen LogP contribution in [-0.4, -0.2) is 22.4 Å². The number of carbonyl (C=O) groups excluding carboxylic acids is 1. The third kappa shape index (κ3) is 3.77. The van der Waals surface area contributed by atoms with Crippen molar-refractivity contribution in [2.24, 2.45) is 0 Å². The van der Waals surface area contributed by atoms with Gasteiger partial charge in [0.05, 0.1) is 11.0 Å². The first-order valence-corrected chi connectivity index (χ1v) is 7.92. The van der Waals surface area contributed by atoms with Gasteiger partial charge in [-0.15, -0.1) is 0 Å². The van der Waals surface area contributed by atoms with E-state index in [1.165, 1.54) is 0 Å². The summed E-state index contributed by atoms with van der Waals surface area (Å²) in [5, 5.41) is 2.98. The Kier molecular flexibility index (Phi) is 4.42. The predicted octanol–water partition coefficient (Wildman–Crippen LogP) is 3.54. The molecule has 2 N–H and O–H groups in total. The summed E-state index contributed by atoms with van der Waals surface area (Å²) in [5.74, 6) is 0.952. The minimum atomic E-state index is -0.0126. The normalized spacial score (nSPS) is 10.9. The molecule has 3 aromatic rings. The van der Waals surface area contributed by atoms with Crippen molar-refractivity contribution in [3.8, 4) is 0 Å². The number of carbonyl (C=O) groups is 1. The molecule has 0 aliphatic heterocycles. The van der Waals surface area contributed by atoms with Crippen LogP contribution in [0.25, 0.3) is 11.0 Å². The van der Waals surface area contributed by atoms with Gasteiger partial charge >= 0.3 is 0 Å². The molecule has 118 valence electrons. The number of aromatic amines is 1. The van der Waals surface area contributed by atoms with Crippen LogP contribution in [0.4, 0.5) is 0 Å². The van der Waals surface area contributed by atoms with Gasteiger partial charge in [0.25, 0.3) is 5.91 Å². The Morgan fingerprint density at radius 3 is 2.61 bits per heavy atom. The van der Waals surface area contributed by atoms with Crippen LogP contribution in [-0.2, 0) is 6.42 Å². The average Bonchev–Trinajstić information content (AvgIpc) is 2.93. The molecule has 23 heavy (non-hydrogen) atoms. The Morgan fingerprint density at radius 2 is 1.87 bits per heavy atom. The fourth-order valence-electron chi connectivity index (χ4n) is 2.79. The standard InChI is InChI=1S/C19H21N3O/c1-13-10-14(2)12-15(11-13)19(23)20-9-5-8-18-21-16-6-3-4-7-17(16)22-18/h3-4,6-7,10-12H,5,8-9H2,1-2H3,(H,20,23)(H,21,22). The maximum atomic E-state index is 12.2. The SMILES string of the molecule is Cc1cc(C)cc(C(=O)NCCCc2nc3ccccc3[nH]2)c1. The van der Waals surface area contributed by atoms with E-state index in [-0.39, 0.29) is 5.91 Å². The molecule has 0 spiro atoms. The molecule has 1 amide bonds. The number of H-pyrrole nitrogens is 1. The van der Waals surface area contributed by atoms with Gasteiger partial charge < -0.3 is 10.3 Å². The van der Waals surface area contributed by atoms with Crippen molar-refractivity contribution in [3.63, 3.8) is 0 Å². The zero-order chi connectivity index (χ0) is 16.2. The van der Waals surface area contributed by atoms with Gasteiger partial charge in [0.2, 0.25) is 0 Å². The van der Waals surface area contributed by atoms with Crippen molar-refractivity contribution in [1.29, 1.82) is 0 Å². The largest absolute Gasteiger partial charge is 0.352 e. The molecule has 2 aromatic carbocycles. The number of fused-ring (bicyclic) bond motifs is 1. The van der Waals surface area contributed by atoms with E-state index in [9.17, 15) is 4.79 Å². The van der Waals surface area contributed by atoms with E-state index in [1.807, 2.05) is 50.2 Å². The summed E-state index contributed by atoms with van der Waals surface area (Å²) in [7, 11) is 0. The Hall–Kier alpha value is -2.62. The molecular weight excluding hydrogens is 286 g/mol. The van der Waals surface area contributed by atoms with Gasteiger partial charge in [-0.2, -0.15) is 0 Å². The van der Waals surface area contributed by atoms with Gasteiger partial charge in [0.1, 0.15) is 5.82 Å². The fraction of sp³-hybridized carbons (Fsp3) is 0.263. The number of hydrogen-bond acceptors (Lipinski definition) is 2. The molecule has 0 aliphatic rings. The molecule has 0 saturated heterocycles. The highest BCUT2D eigenvalue weighted by molar-refractivity contribution is 5.94. The van der Waals surface area contributed by atoms with E-state index in [0.29, 0.717) is 6.54 Å². The van der Waals surface area contributed by atoms with Crippen LogP contribution in [0.3, 0.4) is 0 Å². The maximum absolute atomic E-state index is 12.2. The molecular formula is C19H21N3O. The number of imidazole rings is 1. The monoisotopic (exact) mass is 307 g/mol. The topological polar surface area (TPSA) is 57.8 Å². The molecule has 1 heterocycles. The Labute approximate surface area is 136 Å². The lowest BCUT2D eigenvalue weighted by Crippen LogP contribution is -2.25. The van der Waals surface area contributed by atoms with Crippen LogP contribution in [0.15, 0.2) is 42.5 Å². The lowest BCUT2D eigenvalue weighted by molar-refractivity contribution is 0.0953. The van der Waals surface area contributed by atoms with Crippen molar-refractivity contribution in [3.05, 3.63) is 65.0 Å². The molecule has 4 nitrogen and oxygen atoms in total. The van der Waals surface area contributed by atoms with Crippen molar-refractivity contribution in [2.45, 2.75) is 26.7 Å². The average molecular weight is 307 g/mol. The van der Waals surface area contributed by atoms with Crippen molar-refractivity contribution in [1.82, 2.24) is 15.3 Å². The van der Waals surface area contributed by atoms with Crippen LogP contribution in [0.2, 0.25) is 0 Å². The zero-order valence-electron chi connectivity index (χ0n) is 13.5. The summed E-state index contributed by atoms with van der Waals surface area (Å²) >= 11 is 0. The van der Waals surface area contributed by atoms with E-state index >= 15 is 0 Å². The molecule has 0 aliphatic carbocycles. The van der Waals surface area contributed by atoms with Crippen LogP contribution in [0.1, 0.15) is 33.7 Å². The molecule has 1 aromatic heterocycles. The minimum absolute atomic E-state index is 0.0126. The van der Waals surface area contributed by atoms with Crippen LogP contribution < -0.4 is 5.32 Å². The van der Waals surface area contributed by atoms with Gasteiger partial charge in [-0.1, -0.05) is 29.3 Å². The summed E-state index contributed by atoms with van der Waals surface area (Å²) in [6, 6.07) is 13.9. The fourth-order valence-corrected chi connectivity index (χ4v) is 2.79. The number of aryl methyl sites for hydroxylation is 3. The van der Waals surface area contributed by atoms with Gasteiger partial charge in [0, 0.05) is 18.5 Å².